The Labute approximate surface area is 214 Å². The third kappa shape index (κ3) is 7.67. The molecule has 2 rings (SSSR count). The first-order valence-corrected chi connectivity index (χ1v) is 12.3. The molecule has 0 saturated carbocycles. The first-order valence-electron chi connectivity index (χ1n) is 12.3. The van der Waals surface area contributed by atoms with Gasteiger partial charge >= 0.3 is 0 Å². The second-order valence-corrected chi connectivity index (χ2v) is 8.66. The Morgan fingerprint density at radius 1 is 0.778 bits per heavy atom. The van der Waals surface area contributed by atoms with Crippen LogP contribution in [-0.2, 0) is 0 Å². The fraction of sp³-hybridized carbons (Fsp3) is 0.462. The lowest BCUT2D eigenvalue weighted by atomic mass is 9.96. The summed E-state index contributed by atoms with van der Waals surface area (Å²) in [6, 6.07) is 7.14. The van der Waals surface area contributed by atoms with E-state index in [1.165, 1.54) is 32.1 Å². The van der Waals surface area contributed by atoms with E-state index in [0.717, 1.165) is 19.3 Å². The van der Waals surface area contributed by atoms with Crippen LogP contribution in [-0.4, -0.2) is 27.5 Å². The van der Waals surface area contributed by atoms with Gasteiger partial charge in [0.2, 0.25) is 24.3 Å². The van der Waals surface area contributed by atoms with Crippen molar-refractivity contribution in [2.24, 2.45) is 21.5 Å². The van der Waals surface area contributed by atoms with Crippen molar-refractivity contribution >= 4 is 23.3 Å². The van der Waals surface area contributed by atoms with Gasteiger partial charge < -0.3 is 11.5 Å². The number of nitrogens with zero attached hydrogens (tertiary/aromatic N) is 8. The van der Waals surface area contributed by atoms with E-state index < -0.39 is 5.66 Å². The van der Waals surface area contributed by atoms with Crippen LogP contribution in [0.4, 0.5) is 11.4 Å². The van der Waals surface area contributed by atoms with Crippen LogP contribution in [0.5, 0.6) is 0 Å². The minimum absolute atomic E-state index is 0.00502. The Hall–Kier alpha value is -4.18. The summed E-state index contributed by atoms with van der Waals surface area (Å²) in [5, 5.41) is 18.6. The molecule has 0 unspecified atom stereocenters. The highest BCUT2D eigenvalue weighted by Gasteiger charge is 2.42. The van der Waals surface area contributed by atoms with Crippen LogP contribution in [0, 0.1) is 22.9 Å². The Balaban J connectivity index is 2.52. The van der Waals surface area contributed by atoms with Crippen LogP contribution < -0.4 is 21.3 Å². The third-order valence-electron chi connectivity index (χ3n) is 6.10. The molecule has 4 N–H and O–H groups in total. The largest absolute Gasteiger partial charge is 0.369 e. The Kier molecular flexibility index (Phi) is 11.7. The summed E-state index contributed by atoms with van der Waals surface area (Å²) in [6.45, 7) is 4.17. The lowest BCUT2D eigenvalue weighted by molar-refractivity contribution is 0.415. The van der Waals surface area contributed by atoms with Gasteiger partial charge in [0, 0.05) is 36.2 Å². The maximum atomic E-state index is 9.31. The molecule has 0 aliphatic heterocycles. The second kappa shape index (κ2) is 14.9. The third-order valence-corrected chi connectivity index (χ3v) is 6.10. The number of pyridine rings is 2. The van der Waals surface area contributed by atoms with Crippen LogP contribution in [0.25, 0.3) is 0 Å². The number of nitrogens with two attached hydrogens (primary N) is 2. The number of guanidine groups is 2. The summed E-state index contributed by atoms with van der Waals surface area (Å²) >= 11 is 0. The smallest absolute Gasteiger partial charge is 0.213 e. The molecule has 0 amide bonds. The average molecular weight is 489 g/mol. The van der Waals surface area contributed by atoms with E-state index in [1.807, 2.05) is 6.92 Å². The summed E-state index contributed by atoms with van der Waals surface area (Å²) in [5.74, 6) is -0.0100. The van der Waals surface area contributed by atoms with E-state index in [4.69, 9.17) is 11.5 Å². The summed E-state index contributed by atoms with van der Waals surface area (Å²) in [7, 11) is 0. The van der Waals surface area contributed by atoms with Crippen molar-refractivity contribution in [2.75, 3.05) is 9.80 Å². The van der Waals surface area contributed by atoms with Gasteiger partial charge in [-0.1, -0.05) is 51.9 Å². The van der Waals surface area contributed by atoms with Crippen molar-refractivity contribution in [1.29, 1.82) is 10.5 Å². The van der Waals surface area contributed by atoms with Crippen LogP contribution in [0.2, 0.25) is 0 Å². The molecule has 2 aromatic heterocycles. The number of anilines is 2. The van der Waals surface area contributed by atoms with Gasteiger partial charge in [-0.15, -0.1) is 9.98 Å². The van der Waals surface area contributed by atoms with Crippen LogP contribution >= 0.6 is 0 Å². The minimum Gasteiger partial charge on any atom is -0.369 e. The molecule has 0 fully saturated rings. The summed E-state index contributed by atoms with van der Waals surface area (Å²) in [5.41, 5.74) is 13.1. The van der Waals surface area contributed by atoms with Gasteiger partial charge in [0.1, 0.15) is 5.66 Å². The van der Waals surface area contributed by atoms with Crippen LogP contribution in [0.1, 0.15) is 71.6 Å². The highest BCUT2D eigenvalue weighted by atomic mass is 15.5. The second-order valence-electron chi connectivity index (χ2n) is 8.66. The zero-order valence-corrected chi connectivity index (χ0v) is 21.2. The lowest BCUT2D eigenvalue weighted by Gasteiger charge is -2.49. The predicted molar refractivity (Wildman–Crippen MR) is 144 cm³/mol. The van der Waals surface area contributed by atoms with E-state index >= 15 is 0 Å². The number of aliphatic imine (C=N–C) groups is 2. The van der Waals surface area contributed by atoms with Crippen molar-refractivity contribution in [3.05, 3.63) is 49.1 Å². The highest BCUT2D eigenvalue weighted by Crippen LogP contribution is 2.35. The Morgan fingerprint density at radius 3 is 1.56 bits per heavy atom. The van der Waals surface area contributed by atoms with E-state index in [-0.39, 0.29) is 11.9 Å². The molecule has 10 nitrogen and oxygen atoms in total. The minimum atomic E-state index is -0.972. The molecule has 190 valence electrons. The Morgan fingerprint density at radius 2 is 1.17 bits per heavy atom. The van der Waals surface area contributed by atoms with Gasteiger partial charge in [0.15, 0.2) is 0 Å². The highest BCUT2D eigenvalue weighted by molar-refractivity contribution is 6.02. The predicted octanol–water partition coefficient (Wildman–Crippen LogP) is 4.63. The van der Waals surface area contributed by atoms with Crippen LogP contribution in [0.3, 0.4) is 0 Å². The number of unbranched alkanes of at least 4 members (excludes halogenated alkanes) is 7. The standard InChI is InChI=1S/C26H36N10/c1-3-4-5-6-7-8-9-10-15-26(2,35(24(29)33-20-27)22-11-16-31-17-12-22)36(25(30)34-21-28)23-13-18-32-19-14-23/h11-14,16-19H,3-10,15H2,1-2H3,(H2,29,33)(H2,30,34). The lowest BCUT2D eigenvalue weighted by Crippen LogP contribution is -2.66. The maximum Gasteiger partial charge on any atom is 0.213 e. The van der Waals surface area contributed by atoms with Crippen LogP contribution in [0.15, 0.2) is 59.0 Å². The molecule has 10 heteroatoms. The molecule has 0 bridgehead atoms. The van der Waals surface area contributed by atoms with Gasteiger partial charge in [-0.2, -0.15) is 10.5 Å². The number of aromatic nitrogens is 2. The van der Waals surface area contributed by atoms with Crippen molar-refractivity contribution in [3.63, 3.8) is 0 Å². The summed E-state index contributed by atoms with van der Waals surface area (Å²) in [6.07, 6.45) is 19.9. The quantitative estimate of drug-likeness (QED) is 0.136. The SMILES string of the molecule is CCCCCCCCCCC(C)(N(C(N)=NC#N)c1ccncc1)N(C(N)=NC#N)c1ccncc1. The first-order chi connectivity index (χ1) is 17.5. The van der Waals surface area contributed by atoms with Crippen molar-refractivity contribution in [1.82, 2.24) is 9.97 Å². The topological polar surface area (TPSA) is 157 Å². The monoisotopic (exact) mass is 488 g/mol. The summed E-state index contributed by atoms with van der Waals surface area (Å²) in [4.78, 5) is 19.4. The van der Waals surface area contributed by atoms with E-state index in [9.17, 15) is 10.5 Å². The van der Waals surface area contributed by atoms with Gasteiger partial charge in [0.05, 0.1) is 0 Å². The molecule has 0 spiro atoms. The molecular formula is C26H36N10. The number of rotatable bonds is 13. The van der Waals surface area contributed by atoms with Crippen molar-refractivity contribution in [2.45, 2.75) is 77.3 Å². The van der Waals surface area contributed by atoms with Gasteiger partial charge in [-0.25, -0.2) is 0 Å². The fourth-order valence-corrected chi connectivity index (χ4v) is 4.42. The molecule has 36 heavy (non-hydrogen) atoms. The zero-order chi connectivity index (χ0) is 26.2. The van der Waals surface area contributed by atoms with E-state index in [1.54, 1.807) is 71.2 Å². The molecule has 0 saturated heterocycles. The molecule has 2 heterocycles. The van der Waals surface area contributed by atoms with Crippen molar-refractivity contribution in [3.8, 4) is 12.4 Å². The fourth-order valence-electron chi connectivity index (χ4n) is 4.42. The first kappa shape index (κ1) is 28.1. The van der Waals surface area contributed by atoms with E-state index in [0.29, 0.717) is 17.8 Å². The zero-order valence-electron chi connectivity index (χ0n) is 21.2. The van der Waals surface area contributed by atoms with Gasteiger partial charge in [0.25, 0.3) is 0 Å². The molecule has 0 aliphatic rings. The molecule has 0 aliphatic carbocycles. The molecular weight excluding hydrogens is 452 g/mol. The summed E-state index contributed by atoms with van der Waals surface area (Å²) < 4.78 is 0. The maximum absolute atomic E-state index is 9.31. The molecule has 0 atom stereocenters. The normalized spacial score (nSPS) is 13.3. The van der Waals surface area contributed by atoms with E-state index in [2.05, 4.69) is 26.9 Å². The van der Waals surface area contributed by atoms with Gasteiger partial charge in [-0.05, 0) is 44.0 Å². The molecule has 0 aromatic carbocycles. The molecule has 2 aromatic rings. The number of hydrogen-bond acceptors (Lipinski definition) is 6. The average Bonchev–Trinajstić information content (AvgIpc) is 2.87. The molecule has 0 radical (unpaired) electrons. The van der Waals surface area contributed by atoms with Gasteiger partial charge in [-0.3, -0.25) is 19.8 Å². The number of hydrogen-bond donors (Lipinski definition) is 2. The van der Waals surface area contributed by atoms with Crippen molar-refractivity contribution < 1.29 is 0 Å². The Bertz CT molecular complexity index is 980. The number of nitriles is 2.